The lowest BCUT2D eigenvalue weighted by Gasteiger charge is -2.36. The van der Waals surface area contributed by atoms with Crippen LogP contribution in [-0.4, -0.2) is 23.8 Å². The summed E-state index contributed by atoms with van der Waals surface area (Å²) in [4.78, 5) is 12.1. The average molecular weight is 482 g/mol. The molecule has 4 rings (SSSR count). The second-order valence-electron chi connectivity index (χ2n) is 8.19. The fraction of sp³-hybridized carbons (Fsp3) is 0.133. The van der Waals surface area contributed by atoms with E-state index in [1.54, 1.807) is 0 Å². The zero-order valence-corrected chi connectivity index (χ0v) is 19.4. The second-order valence-corrected chi connectivity index (χ2v) is 8.19. The minimum atomic E-state index is -1.34. The summed E-state index contributed by atoms with van der Waals surface area (Å²) in [5.41, 5.74) is 1.88. The van der Waals surface area contributed by atoms with Crippen LogP contribution >= 0.6 is 0 Å². The maximum atomic E-state index is 13.8. The summed E-state index contributed by atoms with van der Waals surface area (Å²) in [6.45, 7) is -0.476. The molecule has 0 aliphatic rings. The second kappa shape index (κ2) is 11.4. The third-order valence-electron chi connectivity index (χ3n) is 5.81. The number of carboxylic acid groups (broad SMARTS) is 1. The van der Waals surface area contributed by atoms with E-state index in [2.05, 4.69) is 0 Å². The summed E-state index contributed by atoms with van der Waals surface area (Å²) in [6.07, 6.45) is -1.34. The number of hydrogen-bond acceptors (Lipinski definition) is 4. The van der Waals surface area contributed by atoms with E-state index in [4.69, 9.17) is 14.7 Å². The molecule has 180 valence electrons. The van der Waals surface area contributed by atoms with Crippen LogP contribution in [0.3, 0.4) is 0 Å². The molecule has 1 N–H and O–H groups in total. The number of carboxylic acids is 1. The number of carbonyl (C=O) groups is 1. The van der Waals surface area contributed by atoms with Crippen molar-refractivity contribution in [3.63, 3.8) is 0 Å². The third kappa shape index (κ3) is 5.49. The van der Waals surface area contributed by atoms with Crippen molar-refractivity contribution in [2.45, 2.75) is 18.3 Å². The van der Waals surface area contributed by atoms with Crippen LogP contribution in [0.5, 0.6) is 0 Å². The maximum Gasteiger partial charge on any atom is 0.335 e. The summed E-state index contributed by atoms with van der Waals surface area (Å²) in [7, 11) is 0. The Kier molecular flexibility index (Phi) is 7.86. The van der Waals surface area contributed by atoms with Gasteiger partial charge in [0, 0.05) is 0 Å². The van der Waals surface area contributed by atoms with Gasteiger partial charge < -0.3 is 14.6 Å². The van der Waals surface area contributed by atoms with E-state index >= 15 is 0 Å². The first-order chi connectivity index (χ1) is 17.5. The molecule has 5 nitrogen and oxygen atoms in total. The molecule has 36 heavy (non-hydrogen) atoms. The van der Waals surface area contributed by atoms with Gasteiger partial charge in [0.05, 0.1) is 24.8 Å². The van der Waals surface area contributed by atoms with Crippen LogP contribution in [0.1, 0.15) is 27.8 Å². The molecular weight excluding hydrogens is 457 g/mol. The number of nitrogens with zero attached hydrogens (tertiary/aromatic N) is 1. The van der Waals surface area contributed by atoms with Gasteiger partial charge >= 0.3 is 5.97 Å². The molecule has 0 unspecified atom stereocenters. The summed E-state index contributed by atoms with van der Waals surface area (Å²) in [5, 5.41) is 19.0. The third-order valence-corrected chi connectivity index (χ3v) is 5.81. The molecule has 0 aliphatic heterocycles. The number of hydrogen-bond donors (Lipinski definition) is 1. The quantitative estimate of drug-likeness (QED) is 0.295. The molecule has 0 heterocycles. The van der Waals surface area contributed by atoms with Gasteiger partial charge in [0.15, 0.2) is 6.10 Å². The highest BCUT2D eigenvalue weighted by Gasteiger charge is 2.39. The Hall–Kier alpha value is -4.31. The van der Waals surface area contributed by atoms with Crippen LogP contribution in [0.25, 0.3) is 0 Å². The van der Waals surface area contributed by atoms with Crippen molar-refractivity contribution in [3.8, 4) is 6.07 Å². The number of nitriles is 1. The van der Waals surface area contributed by atoms with E-state index in [9.17, 15) is 14.3 Å². The van der Waals surface area contributed by atoms with E-state index in [0.717, 1.165) is 22.8 Å². The van der Waals surface area contributed by atoms with E-state index in [1.807, 2.05) is 97.1 Å². The Balaban J connectivity index is 1.68. The van der Waals surface area contributed by atoms with Gasteiger partial charge in [-0.3, -0.25) is 0 Å². The van der Waals surface area contributed by atoms with E-state index in [1.165, 1.54) is 12.1 Å². The van der Waals surface area contributed by atoms with Crippen LogP contribution in [0.2, 0.25) is 0 Å². The lowest BCUT2D eigenvalue weighted by Crippen LogP contribution is -2.38. The van der Waals surface area contributed by atoms with Gasteiger partial charge in [-0.1, -0.05) is 91.0 Å². The number of halogens is 1. The van der Waals surface area contributed by atoms with Crippen LogP contribution < -0.4 is 0 Å². The topological polar surface area (TPSA) is 79.5 Å². The predicted molar refractivity (Wildman–Crippen MR) is 132 cm³/mol. The largest absolute Gasteiger partial charge is 0.479 e. The monoisotopic (exact) mass is 481 g/mol. The summed E-state index contributed by atoms with van der Waals surface area (Å²) < 4.78 is 26.0. The Bertz CT molecular complexity index is 1240. The van der Waals surface area contributed by atoms with Crippen molar-refractivity contribution in [1.82, 2.24) is 0 Å². The first-order valence-electron chi connectivity index (χ1n) is 11.4. The molecule has 0 fully saturated rings. The lowest BCUT2D eigenvalue weighted by atomic mass is 9.80. The molecule has 6 heteroatoms. The zero-order chi connectivity index (χ0) is 25.4. The van der Waals surface area contributed by atoms with Gasteiger partial charge in [0.1, 0.15) is 11.4 Å². The first kappa shape index (κ1) is 24.8. The zero-order valence-electron chi connectivity index (χ0n) is 19.4. The van der Waals surface area contributed by atoms with Gasteiger partial charge in [-0.25, -0.2) is 9.18 Å². The smallest absolute Gasteiger partial charge is 0.335 e. The Morgan fingerprint density at radius 1 is 0.861 bits per heavy atom. The number of ether oxygens (including phenoxy) is 2. The lowest BCUT2D eigenvalue weighted by molar-refractivity contribution is -0.159. The molecular formula is C30H24FNO4. The predicted octanol–water partition coefficient (Wildman–Crippen LogP) is 5.68. The summed E-state index contributed by atoms with van der Waals surface area (Å²) in [6, 6.07) is 34.4. The maximum absolute atomic E-state index is 13.8. The molecule has 0 saturated heterocycles. The van der Waals surface area contributed by atoms with Crippen LogP contribution in [0.15, 0.2) is 109 Å². The highest BCUT2D eigenvalue weighted by atomic mass is 19.1. The summed E-state index contributed by atoms with van der Waals surface area (Å²) >= 11 is 0. The van der Waals surface area contributed by atoms with Crippen molar-refractivity contribution >= 4 is 5.97 Å². The standard InChI is InChI=1S/C30H24FNO4/c31-27-17-22(19-32)16-23(18-27)20-35-28(29(33)34)21-36-30(24-10-4-1-5-11-24,25-12-6-2-7-13-25)26-14-8-3-9-15-26/h1-18,28H,20-21H2,(H,33,34)/t28-/m0/s1. The molecule has 0 saturated carbocycles. The fourth-order valence-corrected chi connectivity index (χ4v) is 4.16. The molecule has 0 aromatic heterocycles. The van der Waals surface area contributed by atoms with E-state index in [-0.39, 0.29) is 18.8 Å². The molecule has 0 aliphatic carbocycles. The number of benzene rings is 4. The van der Waals surface area contributed by atoms with Gasteiger partial charge in [-0.2, -0.15) is 5.26 Å². The Labute approximate surface area is 209 Å². The van der Waals surface area contributed by atoms with Gasteiger partial charge in [-0.05, 0) is 40.5 Å². The Morgan fingerprint density at radius 2 is 1.36 bits per heavy atom. The molecule has 1 atom stereocenters. The molecule has 0 spiro atoms. The molecule has 0 radical (unpaired) electrons. The molecule has 4 aromatic carbocycles. The van der Waals surface area contributed by atoms with Crippen molar-refractivity contribution in [3.05, 3.63) is 143 Å². The van der Waals surface area contributed by atoms with Crippen LogP contribution in [0.4, 0.5) is 4.39 Å². The van der Waals surface area contributed by atoms with Crippen molar-refractivity contribution in [1.29, 1.82) is 5.26 Å². The van der Waals surface area contributed by atoms with Crippen molar-refractivity contribution in [2.24, 2.45) is 0 Å². The van der Waals surface area contributed by atoms with Gasteiger partial charge in [0.25, 0.3) is 0 Å². The van der Waals surface area contributed by atoms with Crippen LogP contribution in [-0.2, 0) is 26.5 Å². The Morgan fingerprint density at radius 3 is 1.81 bits per heavy atom. The van der Waals surface area contributed by atoms with Crippen LogP contribution in [0, 0.1) is 17.1 Å². The van der Waals surface area contributed by atoms with Crippen molar-refractivity contribution in [2.75, 3.05) is 6.61 Å². The SMILES string of the molecule is N#Cc1cc(F)cc(CO[C@@H](COC(c2ccccc2)(c2ccccc2)c2ccccc2)C(=O)O)c1. The first-order valence-corrected chi connectivity index (χ1v) is 11.4. The summed E-state index contributed by atoms with van der Waals surface area (Å²) in [5.74, 6) is -1.80. The molecule has 4 aromatic rings. The average Bonchev–Trinajstić information content (AvgIpc) is 2.92. The van der Waals surface area contributed by atoms with E-state index in [0.29, 0.717) is 5.56 Å². The number of aliphatic carboxylic acids is 1. The van der Waals surface area contributed by atoms with E-state index < -0.39 is 23.5 Å². The normalized spacial score (nSPS) is 12.0. The van der Waals surface area contributed by atoms with Crippen molar-refractivity contribution < 1.29 is 23.8 Å². The highest BCUT2D eigenvalue weighted by molar-refractivity contribution is 5.72. The molecule has 0 amide bonds. The molecule has 0 bridgehead atoms. The highest BCUT2D eigenvalue weighted by Crippen LogP contribution is 2.40. The fourth-order valence-electron chi connectivity index (χ4n) is 4.16. The van der Waals surface area contributed by atoms with Gasteiger partial charge in [-0.15, -0.1) is 0 Å². The van der Waals surface area contributed by atoms with Gasteiger partial charge in [0.2, 0.25) is 0 Å². The minimum absolute atomic E-state index is 0.132. The number of rotatable bonds is 10. The minimum Gasteiger partial charge on any atom is -0.479 e.